The summed E-state index contributed by atoms with van der Waals surface area (Å²) in [5.74, 6) is 0.673. The van der Waals surface area contributed by atoms with Gasteiger partial charge in [-0.25, -0.2) is 0 Å². The number of hydrogen-bond donors (Lipinski definition) is 2. The van der Waals surface area contributed by atoms with Gasteiger partial charge in [0, 0.05) is 6.04 Å². The molecule has 3 nitrogen and oxygen atoms in total. The van der Waals surface area contributed by atoms with Crippen molar-refractivity contribution >= 4 is 24.8 Å². The molecule has 146 valence electrons. The van der Waals surface area contributed by atoms with E-state index in [0.29, 0.717) is 5.92 Å². The standard InChI is InChI=1S/C20H34N2O.2ClH/c1-17(2)11-12-19(20(23)18-9-4-3-5-10-18)21-13-8-16-22-14-6-7-15-22;;/h3-5,9-10,17,19-21,23H,6-8,11-16H2,1-2H3;2*1H. The van der Waals surface area contributed by atoms with Gasteiger partial charge in [-0.05, 0) is 69.8 Å². The molecule has 0 spiro atoms. The van der Waals surface area contributed by atoms with Crippen molar-refractivity contribution in [3.8, 4) is 0 Å². The molecule has 1 aromatic carbocycles. The summed E-state index contributed by atoms with van der Waals surface area (Å²) >= 11 is 0. The highest BCUT2D eigenvalue weighted by molar-refractivity contribution is 5.85. The van der Waals surface area contributed by atoms with E-state index in [1.807, 2.05) is 30.3 Å². The average Bonchev–Trinajstić information content (AvgIpc) is 3.07. The summed E-state index contributed by atoms with van der Waals surface area (Å²) < 4.78 is 0. The van der Waals surface area contributed by atoms with Gasteiger partial charge in [-0.3, -0.25) is 0 Å². The Morgan fingerprint density at radius 3 is 2.28 bits per heavy atom. The van der Waals surface area contributed by atoms with Crippen molar-refractivity contribution in [1.29, 1.82) is 0 Å². The van der Waals surface area contributed by atoms with Gasteiger partial charge in [-0.1, -0.05) is 44.2 Å². The second kappa shape index (κ2) is 13.8. The Hall–Kier alpha value is -0.320. The lowest BCUT2D eigenvalue weighted by Gasteiger charge is -2.26. The van der Waals surface area contributed by atoms with Crippen LogP contribution in [0.3, 0.4) is 0 Å². The van der Waals surface area contributed by atoms with E-state index in [1.54, 1.807) is 0 Å². The summed E-state index contributed by atoms with van der Waals surface area (Å²) in [6.07, 6.45) is 5.64. The normalized spacial score (nSPS) is 17.0. The van der Waals surface area contributed by atoms with Crippen LogP contribution in [0, 0.1) is 5.92 Å². The Balaban J connectivity index is 0.00000288. The maximum absolute atomic E-state index is 10.7. The van der Waals surface area contributed by atoms with Gasteiger partial charge in [0.1, 0.15) is 0 Å². The van der Waals surface area contributed by atoms with Crippen LogP contribution in [-0.4, -0.2) is 42.2 Å². The third-order valence-corrected chi connectivity index (χ3v) is 4.83. The zero-order valence-corrected chi connectivity index (χ0v) is 17.3. The van der Waals surface area contributed by atoms with E-state index in [2.05, 4.69) is 24.1 Å². The Kier molecular flexibility index (Phi) is 13.7. The number of nitrogens with zero attached hydrogens (tertiary/aromatic N) is 1. The van der Waals surface area contributed by atoms with Crippen LogP contribution in [0.1, 0.15) is 57.6 Å². The van der Waals surface area contributed by atoms with Gasteiger partial charge >= 0.3 is 0 Å². The van der Waals surface area contributed by atoms with Crippen LogP contribution in [0.25, 0.3) is 0 Å². The molecule has 0 saturated carbocycles. The van der Waals surface area contributed by atoms with E-state index >= 15 is 0 Å². The van der Waals surface area contributed by atoms with Crippen molar-refractivity contribution in [3.05, 3.63) is 35.9 Å². The SMILES string of the molecule is CC(C)CCC(NCCCN1CCCC1)C(O)c1ccccc1.Cl.Cl. The second-order valence-corrected chi connectivity index (χ2v) is 7.29. The first-order chi connectivity index (χ1) is 11.2. The molecule has 2 rings (SSSR count). The van der Waals surface area contributed by atoms with Crippen molar-refractivity contribution in [2.24, 2.45) is 5.92 Å². The lowest BCUT2D eigenvalue weighted by Crippen LogP contribution is -2.37. The Morgan fingerprint density at radius 2 is 1.68 bits per heavy atom. The fourth-order valence-electron chi connectivity index (χ4n) is 3.36. The first kappa shape index (κ1) is 24.7. The van der Waals surface area contributed by atoms with E-state index < -0.39 is 6.10 Å². The van der Waals surface area contributed by atoms with Crippen LogP contribution in [0.15, 0.2) is 30.3 Å². The fourth-order valence-corrected chi connectivity index (χ4v) is 3.36. The molecule has 1 aliphatic rings. The first-order valence-corrected chi connectivity index (χ1v) is 9.35. The predicted octanol–water partition coefficient (Wildman–Crippen LogP) is 4.44. The first-order valence-electron chi connectivity index (χ1n) is 9.35. The molecule has 2 N–H and O–H groups in total. The number of aliphatic hydroxyl groups is 1. The highest BCUT2D eigenvalue weighted by atomic mass is 35.5. The molecule has 1 aromatic rings. The molecule has 2 unspecified atom stereocenters. The van der Waals surface area contributed by atoms with Crippen LogP contribution in [-0.2, 0) is 0 Å². The molecule has 1 fully saturated rings. The Labute approximate surface area is 166 Å². The monoisotopic (exact) mass is 390 g/mol. The topological polar surface area (TPSA) is 35.5 Å². The minimum atomic E-state index is -0.415. The zero-order chi connectivity index (χ0) is 16.5. The van der Waals surface area contributed by atoms with Crippen molar-refractivity contribution in [2.45, 2.75) is 58.1 Å². The van der Waals surface area contributed by atoms with E-state index in [9.17, 15) is 5.11 Å². The summed E-state index contributed by atoms with van der Waals surface area (Å²) in [5, 5.41) is 14.4. The predicted molar refractivity (Wildman–Crippen MR) is 112 cm³/mol. The number of nitrogens with one attached hydrogen (secondary N) is 1. The quantitative estimate of drug-likeness (QED) is 0.579. The molecular formula is C20H36Cl2N2O. The van der Waals surface area contributed by atoms with Crippen molar-refractivity contribution in [2.75, 3.05) is 26.2 Å². The average molecular weight is 391 g/mol. The van der Waals surface area contributed by atoms with Crippen LogP contribution in [0.5, 0.6) is 0 Å². The smallest absolute Gasteiger partial charge is 0.0942 e. The van der Waals surface area contributed by atoms with E-state index in [0.717, 1.165) is 24.9 Å². The molecule has 2 atom stereocenters. The molecule has 5 heteroatoms. The van der Waals surface area contributed by atoms with Gasteiger partial charge in [-0.2, -0.15) is 0 Å². The molecule has 1 heterocycles. The van der Waals surface area contributed by atoms with Gasteiger partial charge in [0.05, 0.1) is 6.10 Å². The van der Waals surface area contributed by atoms with Crippen molar-refractivity contribution in [1.82, 2.24) is 10.2 Å². The third kappa shape index (κ3) is 9.25. The Bertz CT molecular complexity index is 425. The number of benzene rings is 1. The summed E-state index contributed by atoms with van der Waals surface area (Å²) in [5.41, 5.74) is 1.02. The zero-order valence-electron chi connectivity index (χ0n) is 15.7. The third-order valence-electron chi connectivity index (χ3n) is 4.83. The Morgan fingerprint density at radius 1 is 1.04 bits per heavy atom. The summed E-state index contributed by atoms with van der Waals surface area (Å²) in [4.78, 5) is 2.55. The van der Waals surface area contributed by atoms with Gasteiger partial charge < -0.3 is 15.3 Å². The van der Waals surface area contributed by atoms with Crippen LogP contribution in [0.2, 0.25) is 0 Å². The maximum atomic E-state index is 10.7. The second-order valence-electron chi connectivity index (χ2n) is 7.29. The molecule has 1 aliphatic heterocycles. The summed E-state index contributed by atoms with van der Waals surface area (Å²) in [6.45, 7) is 9.21. The molecular weight excluding hydrogens is 355 g/mol. The minimum absolute atomic E-state index is 0. The van der Waals surface area contributed by atoms with Gasteiger partial charge in [0.2, 0.25) is 0 Å². The van der Waals surface area contributed by atoms with E-state index in [-0.39, 0.29) is 30.9 Å². The molecule has 1 saturated heterocycles. The largest absolute Gasteiger partial charge is 0.387 e. The molecule has 0 bridgehead atoms. The molecule has 0 aromatic heterocycles. The van der Waals surface area contributed by atoms with Crippen LogP contribution >= 0.6 is 24.8 Å². The number of rotatable bonds is 10. The highest BCUT2D eigenvalue weighted by Gasteiger charge is 2.20. The summed E-state index contributed by atoms with van der Waals surface area (Å²) in [6, 6.07) is 10.2. The van der Waals surface area contributed by atoms with Gasteiger partial charge in [-0.15, -0.1) is 24.8 Å². The van der Waals surface area contributed by atoms with E-state index in [1.165, 1.54) is 38.9 Å². The molecule has 25 heavy (non-hydrogen) atoms. The lowest BCUT2D eigenvalue weighted by molar-refractivity contribution is 0.120. The maximum Gasteiger partial charge on any atom is 0.0942 e. The number of halogens is 2. The summed E-state index contributed by atoms with van der Waals surface area (Å²) in [7, 11) is 0. The van der Waals surface area contributed by atoms with E-state index in [4.69, 9.17) is 0 Å². The molecule has 0 aliphatic carbocycles. The molecule has 0 radical (unpaired) electrons. The number of likely N-dealkylation sites (tertiary alicyclic amines) is 1. The fraction of sp³-hybridized carbons (Fsp3) is 0.700. The lowest BCUT2D eigenvalue weighted by atomic mass is 9.95. The van der Waals surface area contributed by atoms with Crippen molar-refractivity contribution in [3.63, 3.8) is 0 Å². The number of aliphatic hydroxyl groups excluding tert-OH is 1. The highest BCUT2D eigenvalue weighted by Crippen LogP contribution is 2.21. The van der Waals surface area contributed by atoms with Crippen molar-refractivity contribution < 1.29 is 5.11 Å². The van der Waals surface area contributed by atoms with Crippen LogP contribution in [0.4, 0.5) is 0 Å². The van der Waals surface area contributed by atoms with Gasteiger partial charge in [0.25, 0.3) is 0 Å². The van der Waals surface area contributed by atoms with Gasteiger partial charge in [0.15, 0.2) is 0 Å². The molecule has 0 amide bonds. The minimum Gasteiger partial charge on any atom is -0.387 e. The number of hydrogen-bond acceptors (Lipinski definition) is 3. The van der Waals surface area contributed by atoms with Crippen LogP contribution < -0.4 is 5.32 Å².